The lowest BCUT2D eigenvalue weighted by atomic mass is 10.1. The molecule has 1 N–H and O–H groups in total. The Morgan fingerprint density at radius 2 is 2.08 bits per heavy atom. The number of imidazole rings is 1. The fraction of sp³-hybridized carbons (Fsp3) is 0.444. The molecule has 6 rings (SSSR count). The zero-order chi connectivity index (χ0) is 28.0. The van der Waals surface area contributed by atoms with Crippen LogP contribution in [0, 0.1) is 5.92 Å². The predicted molar refractivity (Wildman–Crippen MR) is 140 cm³/mol. The molecule has 0 amide bonds. The van der Waals surface area contributed by atoms with Crippen molar-refractivity contribution >= 4 is 28.7 Å². The van der Waals surface area contributed by atoms with Crippen LogP contribution in [-0.4, -0.2) is 55.4 Å². The molecule has 40 heavy (non-hydrogen) atoms. The van der Waals surface area contributed by atoms with Crippen LogP contribution in [0.3, 0.4) is 0 Å². The Labute approximate surface area is 228 Å². The smallest absolute Gasteiger partial charge is 0.286 e. The van der Waals surface area contributed by atoms with Crippen molar-refractivity contribution in [2.45, 2.75) is 44.6 Å². The number of halogens is 2. The Morgan fingerprint density at radius 3 is 2.77 bits per heavy atom. The van der Waals surface area contributed by atoms with Crippen LogP contribution < -0.4 is 14.8 Å². The third-order valence-electron chi connectivity index (χ3n) is 7.10. The van der Waals surface area contributed by atoms with Gasteiger partial charge in [0.05, 0.1) is 31.6 Å². The number of methoxy groups -OCH3 is 1. The van der Waals surface area contributed by atoms with Gasteiger partial charge in [0.2, 0.25) is 5.95 Å². The summed E-state index contributed by atoms with van der Waals surface area (Å²) in [5, 5.41) is 7.46. The Morgan fingerprint density at radius 1 is 1.25 bits per heavy atom. The number of carbonyl (C=O) groups excluding carboxylic acids is 1. The van der Waals surface area contributed by atoms with Crippen LogP contribution in [0.5, 0.6) is 17.2 Å². The van der Waals surface area contributed by atoms with Crippen LogP contribution in [0.2, 0.25) is 0 Å². The van der Waals surface area contributed by atoms with Crippen molar-refractivity contribution in [3.63, 3.8) is 0 Å². The maximum Gasteiger partial charge on any atom is 0.286 e. The van der Waals surface area contributed by atoms with Gasteiger partial charge in [0, 0.05) is 51.2 Å². The fourth-order valence-electron chi connectivity index (χ4n) is 4.87. The number of nitrogens with zero attached hydrogens (tertiary/aromatic N) is 6. The van der Waals surface area contributed by atoms with Crippen LogP contribution in [-0.2, 0) is 28.9 Å². The minimum atomic E-state index is -3.09. The summed E-state index contributed by atoms with van der Waals surface area (Å²) in [5.41, 5.74) is 1.33. The Hall–Kier alpha value is -4.13. The molecule has 4 aromatic heterocycles. The number of nitrogens with one attached hydrogen (secondary N) is 1. The van der Waals surface area contributed by atoms with Crippen molar-refractivity contribution in [2.24, 2.45) is 13.0 Å². The first-order chi connectivity index (χ1) is 19.2. The molecule has 11 nitrogen and oxygen atoms in total. The lowest BCUT2D eigenvalue weighted by molar-refractivity contribution is -0.119. The second-order valence-electron chi connectivity index (χ2n) is 10.2. The van der Waals surface area contributed by atoms with E-state index in [4.69, 9.17) is 14.2 Å². The lowest BCUT2D eigenvalue weighted by Gasteiger charge is -2.16. The summed E-state index contributed by atoms with van der Waals surface area (Å²) in [6, 6.07) is 4.48. The molecule has 0 radical (unpaired) electrons. The fourth-order valence-corrected chi connectivity index (χ4v) is 4.87. The minimum Gasteiger partial charge on any atom is -0.491 e. The minimum absolute atomic E-state index is 0.154. The summed E-state index contributed by atoms with van der Waals surface area (Å²) in [7, 11) is 3.26. The van der Waals surface area contributed by atoms with Gasteiger partial charge in [0.1, 0.15) is 22.7 Å². The van der Waals surface area contributed by atoms with Crippen molar-refractivity contribution in [1.82, 2.24) is 29.3 Å². The Bertz CT molecular complexity index is 1570. The topological polar surface area (TPSA) is 118 Å². The normalized spacial score (nSPS) is 17.4. The van der Waals surface area contributed by atoms with Crippen LogP contribution >= 0.6 is 0 Å². The number of Topliss-reactive ketones (excluding diaryl/α,β-unsaturated/α-hetero) is 1. The second-order valence-corrected chi connectivity index (χ2v) is 10.2. The van der Waals surface area contributed by atoms with E-state index in [-0.39, 0.29) is 35.7 Å². The maximum absolute atomic E-state index is 14.4. The molecule has 1 aliphatic carbocycles. The van der Waals surface area contributed by atoms with Gasteiger partial charge in [-0.3, -0.25) is 14.5 Å². The van der Waals surface area contributed by atoms with Crippen molar-refractivity contribution < 1.29 is 27.8 Å². The number of alkyl halides is 2. The average Bonchev–Trinajstić information content (AvgIpc) is 3.31. The van der Waals surface area contributed by atoms with E-state index >= 15 is 0 Å². The van der Waals surface area contributed by atoms with Gasteiger partial charge < -0.3 is 24.1 Å². The first-order valence-corrected chi connectivity index (χ1v) is 13.1. The summed E-state index contributed by atoms with van der Waals surface area (Å²) in [6.07, 6.45) is 5.86. The number of aryl methyl sites for hydroxylation is 1. The summed E-state index contributed by atoms with van der Waals surface area (Å²) >= 11 is 0. The van der Waals surface area contributed by atoms with E-state index in [2.05, 4.69) is 25.4 Å². The summed E-state index contributed by atoms with van der Waals surface area (Å²) in [5.74, 6) is -0.968. The van der Waals surface area contributed by atoms with E-state index in [9.17, 15) is 13.6 Å². The van der Waals surface area contributed by atoms with Crippen LogP contribution in [0.15, 0.2) is 30.6 Å². The first-order valence-electron chi connectivity index (χ1n) is 13.1. The van der Waals surface area contributed by atoms with Gasteiger partial charge >= 0.3 is 0 Å². The van der Waals surface area contributed by atoms with Gasteiger partial charge in [-0.2, -0.15) is 18.9 Å². The highest BCUT2D eigenvalue weighted by Crippen LogP contribution is 2.39. The molecule has 5 heterocycles. The average molecular weight is 554 g/mol. The van der Waals surface area contributed by atoms with Gasteiger partial charge in [-0.05, 0) is 25.3 Å². The third-order valence-corrected chi connectivity index (χ3v) is 7.10. The highest BCUT2D eigenvalue weighted by atomic mass is 19.3. The molecular formula is C27H29F2N7O4. The molecule has 0 bridgehead atoms. The molecular weight excluding hydrogens is 524 g/mol. The van der Waals surface area contributed by atoms with E-state index in [0.717, 1.165) is 19.8 Å². The zero-order valence-corrected chi connectivity index (χ0v) is 22.4. The summed E-state index contributed by atoms with van der Waals surface area (Å²) < 4.78 is 49.0. The van der Waals surface area contributed by atoms with Crippen LogP contribution in [0.4, 0.5) is 20.5 Å². The third kappa shape index (κ3) is 5.08. The molecule has 0 spiro atoms. The van der Waals surface area contributed by atoms with Gasteiger partial charge in [-0.15, -0.1) is 0 Å². The largest absolute Gasteiger partial charge is 0.491 e. The van der Waals surface area contributed by atoms with Crippen LogP contribution in [0.1, 0.15) is 43.6 Å². The van der Waals surface area contributed by atoms with Crippen molar-refractivity contribution in [3.8, 4) is 17.2 Å². The van der Waals surface area contributed by atoms with Gasteiger partial charge in [-0.25, -0.2) is 4.98 Å². The summed E-state index contributed by atoms with van der Waals surface area (Å²) in [4.78, 5) is 25.5. The molecule has 13 heteroatoms. The second kappa shape index (κ2) is 10.1. The molecule has 1 saturated carbocycles. The highest BCUT2D eigenvalue weighted by Gasteiger charge is 2.34. The van der Waals surface area contributed by atoms with Crippen LogP contribution in [0.25, 0.3) is 11.2 Å². The standard InChI is InChI=1S/C27H29F2N7O4/c1-27(28,29)21-12-22(34-36(21)17-7-9-39-14-17)32-26-33-25-23(35(26)2)24(38-3)20(13-31-25)40-18-6-8-30-16(10-18)11-19(37)15-4-5-15/h6,8,10,12-13,15,17H,4-5,7,9,11,14H2,1-3H3,(H,31,32,33,34)/t17-/m1/s1. The van der Waals surface area contributed by atoms with E-state index in [0.29, 0.717) is 59.7 Å². The molecule has 0 aromatic carbocycles. The SMILES string of the molecule is COc1c(Oc2ccnc(CC(=O)C3CC3)c2)cnc2nc(Nc3cc(C(C)(F)F)n([C@@H]4CCOC4)n3)n(C)c12. The van der Waals surface area contributed by atoms with Gasteiger partial charge in [-0.1, -0.05) is 0 Å². The van der Waals surface area contributed by atoms with Crippen molar-refractivity contribution in [2.75, 3.05) is 25.6 Å². The lowest BCUT2D eigenvalue weighted by Crippen LogP contribution is -2.20. The number of rotatable bonds is 10. The number of aromatic nitrogens is 6. The number of fused-ring (bicyclic) bond motifs is 1. The number of pyridine rings is 2. The summed E-state index contributed by atoms with van der Waals surface area (Å²) in [6.45, 7) is 1.68. The quantitative estimate of drug-likeness (QED) is 0.298. The molecule has 2 aliphatic rings. The maximum atomic E-state index is 14.4. The highest BCUT2D eigenvalue weighted by molar-refractivity contribution is 5.85. The van der Waals surface area contributed by atoms with E-state index < -0.39 is 5.92 Å². The van der Waals surface area contributed by atoms with Gasteiger partial charge in [0.25, 0.3) is 5.92 Å². The molecule has 0 unspecified atom stereocenters. The van der Waals surface area contributed by atoms with E-state index in [1.54, 1.807) is 29.9 Å². The Kier molecular flexibility index (Phi) is 6.61. The number of anilines is 2. The molecule has 210 valence electrons. The van der Waals surface area contributed by atoms with Gasteiger partial charge in [0.15, 0.2) is 23.0 Å². The molecule has 2 fully saturated rings. The molecule has 1 atom stereocenters. The van der Waals surface area contributed by atoms with E-state index in [1.165, 1.54) is 24.1 Å². The molecule has 4 aromatic rings. The number of ether oxygens (including phenoxy) is 3. The van der Waals surface area contributed by atoms with Crippen molar-refractivity contribution in [1.29, 1.82) is 0 Å². The monoisotopic (exact) mass is 553 g/mol. The molecule has 1 saturated heterocycles. The predicted octanol–water partition coefficient (Wildman–Crippen LogP) is 4.70. The molecule has 1 aliphatic heterocycles. The number of carbonyl (C=O) groups is 1. The van der Waals surface area contributed by atoms with Crippen molar-refractivity contribution in [3.05, 3.63) is 42.0 Å². The first kappa shape index (κ1) is 26.1. The zero-order valence-electron chi connectivity index (χ0n) is 22.4. The Balaban J connectivity index is 1.28. The number of hydrogen-bond donors (Lipinski definition) is 1. The van der Waals surface area contributed by atoms with E-state index in [1.807, 2.05) is 0 Å². The number of ketones is 1. The number of hydrogen-bond acceptors (Lipinski definition) is 9.